The molecule has 0 saturated heterocycles. The van der Waals surface area contributed by atoms with Gasteiger partial charge in [0.1, 0.15) is 0 Å². The fourth-order valence-corrected chi connectivity index (χ4v) is 0.983. The quantitative estimate of drug-likeness (QED) is 0.822. The van der Waals surface area contributed by atoms with E-state index in [1.165, 1.54) is 37.1 Å². The first kappa shape index (κ1) is 14.6. The lowest BCUT2D eigenvalue weighted by molar-refractivity contribution is 0.410. The van der Waals surface area contributed by atoms with Gasteiger partial charge in [0.2, 0.25) is 0 Å². The van der Waals surface area contributed by atoms with E-state index in [4.69, 9.17) is 10.2 Å². The minimum Gasteiger partial charge on any atom is -0.229 e. The summed E-state index contributed by atoms with van der Waals surface area (Å²) in [6, 6.07) is 7.85. The summed E-state index contributed by atoms with van der Waals surface area (Å²) in [5, 5.41) is 8.41. The van der Waals surface area contributed by atoms with Crippen LogP contribution in [-0.4, -0.2) is 4.89 Å². The van der Waals surface area contributed by atoms with Crippen LogP contribution in [0.3, 0.4) is 0 Å². The van der Waals surface area contributed by atoms with Crippen LogP contribution in [-0.2, 0) is 4.57 Å². The topological polar surface area (TPSA) is 70.3 Å². The number of unbranched alkanes of at least 4 members (excludes halogenated alkanes) is 1. The van der Waals surface area contributed by atoms with Crippen molar-refractivity contribution in [3.8, 4) is 11.8 Å². The number of hydrogen-bond acceptors (Lipinski definition) is 3. The van der Waals surface area contributed by atoms with E-state index in [0.717, 1.165) is 0 Å². The molecule has 1 aromatic carbocycles. The Morgan fingerprint density at radius 2 is 1.81 bits per heavy atom. The summed E-state index contributed by atoms with van der Waals surface area (Å²) >= 11 is 0. The van der Waals surface area contributed by atoms with E-state index in [1.807, 2.05) is 6.07 Å². The molecule has 86 valence electrons. The zero-order valence-corrected chi connectivity index (χ0v) is 10.3. The molecule has 5 heteroatoms. The zero-order valence-electron chi connectivity index (χ0n) is 9.38. The molecule has 1 unspecified atom stereocenters. The molecule has 1 atom stereocenters. The average Bonchev–Trinajstić information content (AvgIpc) is 2.30. The molecule has 0 aliphatic heterocycles. The van der Waals surface area contributed by atoms with Gasteiger partial charge in [0.15, 0.2) is 5.75 Å². The van der Waals surface area contributed by atoms with Crippen LogP contribution in [0.25, 0.3) is 0 Å². The smallest absolute Gasteiger partial charge is 0.229 e. The predicted octanol–water partition coefficient (Wildman–Crippen LogP) is 3.39. The molecule has 0 radical (unpaired) electrons. The molecule has 0 amide bonds. The molecule has 16 heavy (non-hydrogen) atoms. The van der Waals surface area contributed by atoms with Gasteiger partial charge in [-0.25, -0.2) is 4.52 Å². The minimum absolute atomic E-state index is 0.276. The molecule has 1 aromatic rings. The highest BCUT2D eigenvalue weighted by molar-refractivity contribution is 7.32. The van der Waals surface area contributed by atoms with Crippen molar-refractivity contribution in [2.45, 2.75) is 26.7 Å². The Morgan fingerprint density at radius 3 is 2.12 bits per heavy atom. The van der Waals surface area contributed by atoms with Crippen LogP contribution in [0.5, 0.6) is 5.75 Å². The van der Waals surface area contributed by atoms with Crippen molar-refractivity contribution < 1.29 is 14.0 Å². The molecular formula is C11H15NO3P+. The van der Waals surface area contributed by atoms with Crippen LogP contribution in [0.15, 0.2) is 24.3 Å². The van der Waals surface area contributed by atoms with Gasteiger partial charge in [-0.2, -0.15) is 5.26 Å². The summed E-state index contributed by atoms with van der Waals surface area (Å²) < 4.78 is 14.7. The monoisotopic (exact) mass is 240 g/mol. The van der Waals surface area contributed by atoms with Crippen LogP contribution in [0.2, 0.25) is 0 Å². The Balaban J connectivity index is 0.000000487. The van der Waals surface area contributed by atoms with Crippen LogP contribution in [0.4, 0.5) is 0 Å². The summed E-state index contributed by atoms with van der Waals surface area (Å²) in [7, 11) is -2.62. The van der Waals surface area contributed by atoms with Crippen molar-refractivity contribution in [2.75, 3.05) is 0 Å². The first-order chi connectivity index (χ1) is 7.63. The van der Waals surface area contributed by atoms with Crippen molar-refractivity contribution in [3.05, 3.63) is 29.8 Å². The summed E-state index contributed by atoms with van der Waals surface area (Å²) in [5.74, 6) is 0.276. The van der Waals surface area contributed by atoms with Gasteiger partial charge in [-0.05, 0) is 24.3 Å². The molecule has 0 heterocycles. The number of nitriles is 1. The van der Waals surface area contributed by atoms with Crippen molar-refractivity contribution in [2.24, 2.45) is 0 Å². The molecule has 0 bridgehead atoms. The Morgan fingerprint density at radius 1 is 1.31 bits per heavy atom. The van der Waals surface area contributed by atoms with E-state index in [2.05, 4.69) is 18.4 Å². The van der Waals surface area contributed by atoms with E-state index in [0.29, 0.717) is 5.56 Å². The van der Waals surface area contributed by atoms with Crippen molar-refractivity contribution in [3.63, 3.8) is 0 Å². The molecule has 1 rings (SSSR count). The molecule has 0 fully saturated rings. The van der Waals surface area contributed by atoms with Crippen LogP contribution >= 0.6 is 8.25 Å². The standard InChI is InChI=1S/C7H4NO3P.C4H10/c8-5-6-1-3-7(4-2-6)11-12(9)10;1-3-4-2/h1-4H;3-4H2,1-2H3/p+1. The van der Waals surface area contributed by atoms with E-state index < -0.39 is 8.25 Å². The lowest BCUT2D eigenvalue weighted by Crippen LogP contribution is -1.80. The van der Waals surface area contributed by atoms with Gasteiger partial charge in [-0.3, -0.25) is 0 Å². The molecule has 0 spiro atoms. The second-order valence-electron chi connectivity index (χ2n) is 2.97. The first-order valence-electron chi connectivity index (χ1n) is 4.98. The third-order valence-electron chi connectivity index (χ3n) is 1.67. The maximum absolute atomic E-state index is 10.2. The summed E-state index contributed by atoms with van der Waals surface area (Å²) in [5.41, 5.74) is 0.482. The maximum Gasteiger partial charge on any atom is 0.747 e. The van der Waals surface area contributed by atoms with Crippen LogP contribution in [0, 0.1) is 11.3 Å². The molecule has 0 saturated carbocycles. The van der Waals surface area contributed by atoms with E-state index >= 15 is 0 Å². The molecule has 0 aromatic heterocycles. The summed E-state index contributed by atoms with van der Waals surface area (Å²) in [6.07, 6.45) is 2.64. The molecule has 1 N–H and O–H groups in total. The van der Waals surface area contributed by atoms with Gasteiger partial charge in [0.25, 0.3) is 0 Å². The van der Waals surface area contributed by atoms with Gasteiger partial charge in [0, 0.05) is 4.57 Å². The van der Waals surface area contributed by atoms with Gasteiger partial charge in [-0.1, -0.05) is 26.7 Å². The largest absolute Gasteiger partial charge is 0.747 e. The molecular weight excluding hydrogens is 225 g/mol. The first-order valence-corrected chi connectivity index (χ1v) is 6.11. The normalized spacial score (nSPS) is 9.50. The van der Waals surface area contributed by atoms with Crippen molar-refractivity contribution in [1.82, 2.24) is 0 Å². The molecule has 0 aliphatic carbocycles. The van der Waals surface area contributed by atoms with Gasteiger partial charge >= 0.3 is 8.25 Å². The number of nitrogens with zero attached hydrogens (tertiary/aromatic N) is 1. The zero-order chi connectivity index (χ0) is 12.4. The highest BCUT2D eigenvalue weighted by Gasteiger charge is 2.13. The minimum atomic E-state index is -2.62. The van der Waals surface area contributed by atoms with Gasteiger partial charge in [0.05, 0.1) is 11.6 Å². The fraction of sp³-hybridized carbons (Fsp3) is 0.364. The predicted molar refractivity (Wildman–Crippen MR) is 62.2 cm³/mol. The number of rotatable bonds is 3. The van der Waals surface area contributed by atoms with Crippen LogP contribution < -0.4 is 4.52 Å². The van der Waals surface area contributed by atoms with Gasteiger partial charge in [-0.15, -0.1) is 4.89 Å². The summed E-state index contributed by atoms with van der Waals surface area (Å²) in [6.45, 7) is 4.36. The Bertz CT molecular complexity index is 354. The van der Waals surface area contributed by atoms with Crippen molar-refractivity contribution >= 4 is 8.25 Å². The second kappa shape index (κ2) is 8.84. The number of hydrogen-bond donors (Lipinski definition) is 1. The van der Waals surface area contributed by atoms with Crippen LogP contribution in [0.1, 0.15) is 32.3 Å². The van der Waals surface area contributed by atoms with E-state index in [-0.39, 0.29) is 5.75 Å². The Hall–Kier alpha value is -1.43. The van der Waals surface area contributed by atoms with Crippen molar-refractivity contribution in [1.29, 1.82) is 5.26 Å². The lowest BCUT2D eigenvalue weighted by atomic mass is 10.2. The second-order valence-corrected chi connectivity index (χ2v) is 3.62. The van der Waals surface area contributed by atoms with Gasteiger partial charge < -0.3 is 0 Å². The molecule has 4 nitrogen and oxygen atoms in total. The molecule has 0 aliphatic rings. The highest BCUT2D eigenvalue weighted by Crippen LogP contribution is 2.22. The van der Waals surface area contributed by atoms with E-state index in [1.54, 1.807) is 0 Å². The third kappa shape index (κ3) is 6.94. The SMILES string of the molecule is CCCC.N#Cc1ccc(O[P+](=O)O)cc1. The lowest BCUT2D eigenvalue weighted by Gasteiger charge is -1.89. The third-order valence-corrected chi connectivity index (χ3v) is 2.03. The summed E-state index contributed by atoms with van der Waals surface area (Å²) in [4.78, 5) is 8.35. The Labute approximate surface area is 96.4 Å². The number of benzene rings is 1. The highest BCUT2D eigenvalue weighted by atomic mass is 31.1. The fourth-order valence-electron chi connectivity index (χ4n) is 0.681. The maximum atomic E-state index is 10.2. The average molecular weight is 240 g/mol. The van der Waals surface area contributed by atoms with E-state index in [9.17, 15) is 4.57 Å². The Kier molecular flexibility index (Phi) is 8.05.